The van der Waals surface area contributed by atoms with Gasteiger partial charge in [0.1, 0.15) is 18.1 Å². The van der Waals surface area contributed by atoms with Crippen LogP contribution in [0.2, 0.25) is 5.02 Å². The molecule has 2 aromatic rings. The van der Waals surface area contributed by atoms with Gasteiger partial charge in [0.2, 0.25) is 0 Å². The summed E-state index contributed by atoms with van der Waals surface area (Å²) in [4.78, 5) is 23.5. The number of carbonyl (C=O) groups is 2. The average Bonchev–Trinajstić information content (AvgIpc) is 2.65. The summed E-state index contributed by atoms with van der Waals surface area (Å²) in [5.41, 5.74) is 0. The van der Waals surface area contributed by atoms with Crippen LogP contribution in [0, 0.1) is 0 Å². The normalized spacial score (nSPS) is 11.3. The number of ether oxygens (including phenoxy) is 3. The minimum atomic E-state index is -0.807. The molecule has 0 saturated carbocycles. The van der Waals surface area contributed by atoms with E-state index >= 15 is 0 Å². The van der Waals surface area contributed by atoms with Crippen molar-refractivity contribution >= 4 is 23.5 Å². The second-order valence-corrected chi connectivity index (χ2v) is 5.77. The summed E-state index contributed by atoms with van der Waals surface area (Å²) >= 11 is 5.78. The Morgan fingerprint density at radius 2 is 1.73 bits per heavy atom. The molecule has 0 aliphatic heterocycles. The molecule has 0 aliphatic carbocycles. The van der Waals surface area contributed by atoms with E-state index in [1.54, 1.807) is 55.5 Å². The first-order valence-corrected chi connectivity index (χ1v) is 8.46. The second kappa shape index (κ2) is 10.3. The molecule has 1 atom stereocenters. The van der Waals surface area contributed by atoms with Gasteiger partial charge in [-0.25, -0.2) is 4.79 Å². The number of nitrogens with one attached hydrogen (secondary N) is 1. The smallest absolute Gasteiger partial charge is 0.347 e. The molecule has 1 N–H and O–H groups in total. The predicted octanol–water partition coefficient (Wildman–Crippen LogP) is 2.85. The van der Waals surface area contributed by atoms with Crippen molar-refractivity contribution in [3.8, 4) is 11.5 Å². The fourth-order valence-corrected chi connectivity index (χ4v) is 2.07. The fraction of sp³-hybridized carbons (Fsp3) is 0.263. The Labute approximate surface area is 157 Å². The maximum Gasteiger partial charge on any atom is 0.347 e. The molecule has 6 nitrogen and oxygen atoms in total. The lowest BCUT2D eigenvalue weighted by atomic mass is 10.3. The molecule has 0 aliphatic rings. The quantitative estimate of drug-likeness (QED) is 0.537. The number of para-hydroxylation sites is 1. The van der Waals surface area contributed by atoms with Crippen LogP contribution in [0.15, 0.2) is 54.6 Å². The van der Waals surface area contributed by atoms with Crippen LogP contribution < -0.4 is 14.8 Å². The minimum Gasteiger partial charge on any atom is -0.492 e. The van der Waals surface area contributed by atoms with Crippen LogP contribution in [0.4, 0.5) is 0 Å². The molecule has 7 heteroatoms. The van der Waals surface area contributed by atoms with E-state index < -0.39 is 18.0 Å². The van der Waals surface area contributed by atoms with Gasteiger partial charge in [-0.05, 0) is 43.3 Å². The molecule has 0 bridgehead atoms. The SMILES string of the molecule is C[C@@H](Oc1ccccc1)C(=O)OCC(=O)NCCOc1ccc(Cl)cc1. The van der Waals surface area contributed by atoms with Gasteiger partial charge in [0.25, 0.3) is 5.91 Å². The standard InChI is InChI=1S/C19H20ClNO5/c1-14(26-17-5-3-2-4-6-17)19(23)25-13-18(22)21-11-12-24-16-9-7-15(20)8-10-16/h2-10,14H,11-13H2,1H3,(H,21,22)/t14-/m1/s1. The summed E-state index contributed by atoms with van der Waals surface area (Å²) in [6, 6.07) is 15.8. The molecule has 138 valence electrons. The van der Waals surface area contributed by atoms with Crippen molar-refractivity contribution in [3.63, 3.8) is 0 Å². The van der Waals surface area contributed by atoms with Crippen LogP contribution in [0.5, 0.6) is 11.5 Å². The zero-order valence-electron chi connectivity index (χ0n) is 14.3. The van der Waals surface area contributed by atoms with Crippen molar-refractivity contribution in [1.29, 1.82) is 0 Å². The third-order valence-electron chi connectivity index (χ3n) is 3.24. The largest absolute Gasteiger partial charge is 0.492 e. The number of halogens is 1. The van der Waals surface area contributed by atoms with E-state index in [4.69, 9.17) is 25.8 Å². The van der Waals surface area contributed by atoms with E-state index in [0.717, 1.165) is 0 Å². The zero-order valence-corrected chi connectivity index (χ0v) is 15.1. The van der Waals surface area contributed by atoms with Crippen LogP contribution >= 0.6 is 11.6 Å². The molecule has 0 radical (unpaired) electrons. The van der Waals surface area contributed by atoms with E-state index in [0.29, 0.717) is 16.5 Å². The highest BCUT2D eigenvalue weighted by Crippen LogP contribution is 2.15. The number of amides is 1. The van der Waals surface area contributed by atoms with Gasteiger partial charge in [0, 0.05) is 5.02 Å². The Balaban J connectivity index is 1.60. The summed E-state index contributed by atoms with van der Waals surface area (Å²) in [7, 11) is 0. The number of hydrogen-bond acceptors (Lipinski definition) is 5. The molecule has 0 heterocycles. The van der Waals surface area contributed by atoms with Gasteiger partial charge < -0.3 is 19.5 Å². The van der Waals surface area contributed by atoms with Crippen molar-refractivity contribution in [3.05, 3.63) is 59.6 Å². The highest BCUT2D eigenvalue weighted by Gasteiger charge is 2.17. The first-order valence-electron chi connectivity index (χ1n) is 8.08. The van der Waals surface area contributed by atoms with Gasteiger partial charge in [0.15, 0.2) is 12.7 Å². The van der Waals surface area contributed by atoms with Crippen LogP contribution in [0.1, 0.15) is 6.92 Å². The molecule has 1 amide bonds. The maximum absolute atomic E-state index is 11.8. The van der Waals surface area contributed by atoms with Crippen LogP contribution in [-0.4, -0.2) is 37.7 Å². The maximum atomic E-state index is 11.8. The number of benzene rings is 2. The third-order valence-corrected chi connectivity index (χ3v) is 3.49. The first-order chi connectivity index (χ1) is 12.5. The molecule has 26 heavy (non-hydrogen) atoms. The average molecular weight is 378 g/mol. The molecule has 0 unspecified atom stereocenters. The van der Waals surface area contributed by atoms with E-state index in [-0.39, 0.29) is 19.8 Å². The highest BCUT2D eigenvalue weighted by molar-refractivity contribution is 6.30. The van der Waals surface area contributed by atoms with Crippen molar-refractivity contribution < 1.29 is 23.8 Å². The third kappa shape index (κ3) is 7.03. The Morgan fingerprint density at radius 1 is 1.04 bits per heavy atom. The van der Waals surface area contributed by atoms with E-state index in [1.807, 2.05) is 6.07 Å². The Hall–Kier alpha value is -2.73. The highest BCUT2D eigenvalue weighted by atomic mass is 35.5. The van der Waals surface area contributed by atoms with Gasteiger partial charge in [-0.15, -0.1) is 0 Å². The lowest BCUT2D eigenvalue weighted by molar-refractivity contribution is -0.154. The molecule has 2 rings (SSSR count). The lowest BCUT2D eigenvalue weighted by Crippen LogP contribution is -2.34. The Bertz CT molecular complexity index is 706. The summed E-state index contributed by atoms with van der Waals surface area (Å²) in [6.07, 6.45) is -0.807. The van der Waals surface area contributed by atoms with Gasteiger partial charge in [0.05, 0.1) is 6.54 Å². The first kappa shape index (κ1) is 19.6. The number of rotatable bonds is 9. The van der Waals surface area contributed by atoms with E-state index in [9.17, 15) is 9.59 Å². The van der Waals surface area contributed by atoms with E-state index in [1.165, 1.54) is 0 Å². The van der Waals surface area contributed by atoms with Crippen molar-refractivity contribution in [2.75, 3.05) is 19.8 Å². The lowest BCUT2D eigenvalue weighted by Gasteiger charge is -2.14. The Morgan fingerprint density at radius 3 is 2.42 bits per heavy atom. The number of carbonyl (C=O) groups excluding carboxylic acids is 2. The zero-order chi connectivity index (χ0) is 18.8. The van der Waals surface area contributed by atoms with Crippen molar-refractivity contribution in [2.45, 2.75) is 13.0 Å². The Kier molecular flexibility index (Phi) is 7.76. The topological polar surface area (TPSA) is 73.9 Å². The summed E-state index contributed by atoms with van der Waals surface area (Å²) < 4.78 is 15.8. The van der Waals surface area contributed by atoms with Crippen LogP contribution in [0.3, 0.4) is 0 Å². The predicted molar refractivity (Wildman–Crippen MR) is 97.4 cm³/mol. The van der Waals surface area contributed by atoms with Crippen molar-refractivity contribution in [1.82, 2.24) is 5.32 Å². The summed E-state index contributed by atoms with van der Waals surface area (Å²) in [6.45, 7) is 1.76. The molecule has 0 spiro atoms. The molecule has 0 fully saturated rings. The fourth-order valence-electron chi connectivity index (χ4n) is 1.95. The molecular weight excluding hydrogens is 358 g/mol. The number of esters is 1. The summed E-state index contributed by atoms with van der Waals surface area (Å²) in [5, 5.41) is 3.22. The van der Waals surface area contributed by atoms with Gasteiger partial charge in [-0.3, -0.25) is 4.79 Å². The molecule has 0 saturated heterocycles. The minimum absolute atomic E-state index is 0.287. The number of hydrogen-bond donors (Lipinski definition) is 1. The van der Waals surface area contributed by atoms with Crippen LogP contribution in [-0.2, 0) is 14.3 Å². The molecule has 2 aromatic carbocycles. The van der Waals surface area contributed by atoms with Gasteiger partial charge in [-0.1, -0.05) is 29.8 Å². The van der Waals surface area contributed by atoms with Gasteiger partial charge in [-0.2, -0.15) is 0 Å². The van der Waals surface area contributed by atoms with E-state index in [2.05, 4.69) is 5.32 Å². The summed E-state index contributed by atoms with van der Waals surface area (Å²) in [5.74, 6) is 0.189. The second-order valence-electron chi connectivity index (χ2n) is 5.33. The molecular formula is C19H20ClNO5. The monoisotopic (exact) mass is 377 g/mol. The molecule has 0 aromatic heterocycles. The van der Waals surface area contributed by atoms with Gasteiger partial charge >= 0.3 is 5.97 Å². The van der Waals surface area contributed by atoms with Crippen molar-refractivity contribution in [2.24, 2.45) is 0 Å². The van der Waals surface area contributed by atoms with Crippen LogP contribution in [0.25, 0.3) is 0 Å².